The molecule has 39 heavy (non-hydrogen) atoms. The molecule has 7 nitrogen and oxygen atoms in total. The van der Waals surface area contributed by atoms with Crippen molar-refractivity contribution in [2.24, 2.45) is 11.6 Å². The summed E-state index contributed by atoms with van der Waals surface area (Å²) in [5, 5.41) is 11.3. The number of nitrogens with zero attached hydrogens (tertiary/aromatic N) is 2. The van der Waals surface area contributed by atoms with Gasteiger partial charge in [-0.2, -0.15) is 13.2 Å². The van der Waals surface area contributed by atoms with E-state index in [0.29, 0.717) is 17.1 Å². The summed E-state index contributed by atoms with van der Waals surface area (Å²) >= 11 is 0. The first-order valence-corrected chi connectivity index (χ1v) is 11.6. The van der Waals surface area contributed by atoms with Crippen LogP contribution in [0.25, 0.3) is 17.0 Å². The molecule has 2 aromatic carbocycles. The van der Waals surface area contributed by atoms with Crippen molar-refractivity contribution < 1.29 is 36.5 Å². The molecular formula is C27H29F5N4O3. The summed E-state index contributed by atoms with van der Waals surface area (Å²) in [5.41, 5.74) is 3.24. The molecule has 5 N–H and O–H groups in total. The molecule has 1 aromatic heterocycles. The van der Waals surface area contributed by atoms with E-state index in [1.807, 2.05) is 0 Å². The van der Waals surface area contributed by atoms with Crippen LogP contribution < -0.4 is 21.1 Å². The highest BCUT2D eigenvalue weighted by Gasteiger charge is 2.43. The predicted molar refractivity (Wildman–Crippen MR) is 136 cm³/mol. The number of nitrogens with two attached hydrogens (primary N) is 2. The number of pyridine rings is 1. The van der Waals surface area contributed by atoms with Crippen LogP contribution in [0, 0.1) is 11.6 Å². The smallest absolute Gasteiger partial charge is 0.399 e. The highest BCUT2D eigenvalue weighted by atomic mass is 19.4. The SMILES string of the molecule is COc1ccc(/C(N)=C/N(N)CC(c2cc(C(C)(C)O)c(F)c(-c3ccc(F)cc3)n2)C(F)(F)F)cc1OC. The number of hydrogen-bond donors (Lipinski definition) is 3. The molecule has 3 rings (SSSR count). The lowest BCUT2D eigenvalue weighted by atomic mass is 9.92. The van der Waals surface area contributed by atoms with Crippen molar-refractivity contribution in [2.75, 3.05) is 20.8 Å². The van der Waals surface area contributed by atoms with Gasteiger partial charge in [0.1, 0.15) is 17.4 Å². The van der Waals surface area contributed by atoms with Crippen molar-refractivity contribution in [2.45, 2.75) is 31.5 Å². The van der Waals surface area contributed by atoms with Crippen LogP contribution in [0.1, 0.15) is 36.6 Å². The molecule has 0 aliphatic rings. The Hall–Kier alpha value is -3.90. The predicted octanol–water partition coefficient (Wildman–Crippen LogP) is 5.05. The maximum atomic E-state index is 15.4. The summed E-state index contributed by atoms with van der Waals surface area (Å²) < 4.78 is 82.1. The van der Waals surface area contributed by atoms with Gasteiger partial charge in [0.2, 0.25) is 0 Å². The van der Waals surface area contributed by atoms with Crippen LogP contribution in [-0.4, -0.2) is 42.0 Å². The van der Waals surface area contributed by atoms with Crippen LogP contribution in [0.2, 0.25) is 0 Å². The molecule has 0 radical (unpaired) electrons. The zero-order valence-electron chi connectivity index (χ0n) is 21.7. The topological polar surface area (TPSA) is 107 Å². The molecule has 0 fully saturated rings. The third-order valence-corrected chi connectivity index (χ3v) is 5.92. The Kier molecular flexibility index (Phi) is 8.71. The number of hydrazine groups is 1. The molecule has 1 atom stereocenters. The van der Waals surface area contributed by atoms with E-state index < -0.39 is 52.8 Å². The van der Waals surface area contributed by atoms with Gasteiger partial charge in [-0.3, -0.25) is 0 Å². The molecule has 12 heteroatoms. The highest BCUT2D eigenvalue weighted by molar-refractivity contribution is 5.65. The Balaban J connectivity index is 2.05. The van der Waals surface area contributed by atoms with E-state index in [9.17, 15) is 22.7 Å². The lowest BCUT2D eigenvalue weighted by Gasteiger charge is -2.27. The lowest BCUT2D eigenvalue weighted by molar-refractivity contribution is -0.154. The molecule has 0 amide bonds. The van der Waals surface area contributed by atoms with Gasteiger partial charge in [-0.05, 0) is 62.4 Å². The summed E-state index contributed by atoms with van der Waals surface area (Å²) in [4.78, 5) is 3.95. The molecule has 0 spiro atoms. The van der Waals surface area contributed by atoms with Crippen molar-refractivity contribution in [1.82, 2.24) is 9.99 Å². The highest BCUT2D eigenvalue weighted by Crippen LogP contribution is 2.39. The van der Waals surface area contributed by atoms with Crippen LogP contribution in [0.5, 0.6) is 11.5 Å². The van der Waals surface area contributed by atoms with E-state index in [2.05, 4.69) is 4.98 Å². The monoisotopic (exact) mass is 552 g/mol. The first-order valence-electron chi connectivity index (χ1n) is 11.6. The number of halogens is 5. The molecule has 0 saturated carbocycles. The van der Waals surface area contributed by atoms with Crippen LogP contribution in [-0.2, 0) is 5.60 Å². The average Bonchev–Trinajstić information content (AvgIpc) is 2.86. The van der Waals surface area contributed by atoms with Gasteiger partial charge in [0, 0.05) is 22.9 Å². The Labute approximate surface area is 222 Å². The van der Waals surface area contributed by atoms with Gasteiger partial charge in [-0.25, -0.2) is 19.6 Å². The van der Waals surface area contributed by atoms with Gasteiger partial charge in [0.15, 0.2) is 17.3 Å². The number of methoxy groups -OCH3 is 2. The zero-order chi connectivity index (χ0) is 29.1. The molecule has 210 valence electrons. The second-order valence-corrected chi connectivity index (χ2v) is 9.27. The molecule has 1 heterocycles. The number of aliphatic hydroxyl groups is 1. The van der Waals surface area contributed by atoms with Crippen LogP contribution in [0.15, 0.2) is 54.7 Å². The summed E-state index contributed by atoms with van der Waals surface area (Å²) in [6, 6.07) is 9.96. The minimum absolute atomic E-state index is 0.0318. The number of hydrogen-bond acceptors (Lipinski definition) is 7. The van der Waals surface area contributed by atoms with Crippen molar-refractivity contribution in [3.8, 4) is 22.8 Å². The Morgan fingerprint density at radius 3 is 2.18 bits per heavy atom. The fraction of sp³-hybridized carbons (Fsp3) is 0.296. The van der Waals surface area contributed by atoms with Gasteiger partial charge in [0.05, 0.1) is 37.8 Å². The van der Waals surface area contributed by atoms with E-state index in [4.69, 9.17) is 21.1 Å². The Bertz CT molecular complexity index is 1340. The van der Waals surface area contributed by atoms with Crippen LogP contribution >= 0.6 is 0 Å². The van der Waals surface area contributed by atoms with E-state index in [1.165, 1.54) is 46.3 Å². The number of rotatable bonds is 9. The summed E-state index contributed by atoms with van der Waals surface area (Å²) in [7, 11) is 2.87. The maximum Gasteiger partial charge on any atom is 0.399 e. The molecule has 0 bridgehead atoms. The van der Waals surface area contributed by atoms with Gasteiger partial charge in [-0.15, -0.1) is 0 Å². The average molecular weight is 553 g/mol. The number of ether oxygens (including phenoxy) is 2. The minimum Gasteiger partial charge on any atom is -0.493 e. The van der Waals surface area contributed by atoms with Gasteiger partial charge >= 0.3 is 6.18 Å². The quantitative estimate of drug-likeness (QED) is 0.194. The molecule has 0 aliphatic carbocycles. The van der Waals surface area contributed by atoms with E-state index >= 15 is 4.39 Å². The number of benzene rings is 2. The maximum absolute atomic E-state index is 15.4. The van der Waals surface area contributed by atoms with Crippen molar-refractivity contribution >= 4 is 5.70 Å². The summed E-state index contributed by atoms with van der Waals surface area (Å²) in [6.45, 7) is 1.62. The number of alkyl halides is 3. The second-order valence-electron chi connectivity index (χ2n) is 9.27. The normalized spacial score (nSPS) is 13.3. The van der Waals surface area contributed by atoms with Crippen LogP contribution in [0.3, 0.4) is 0 Å². The van der Waals surface area contributed by atoms with Gasteiger partial charge in [0.25, 0.3) is 0 Å². The third kappa shape index (κ3) is 6.95. The molecular weight excluding hydrogens is 523 g/mol. The molecule has 1 unspecified atom stereocenters. The third-order valence-electron chi connectivity index (χ3n) is 5.92. The number of aromatic nitrogens is 1. The van der Waals surface area contributed by atoms with Gasteiger partial charge in [-0.1, -0.05) is 0 Å². The van der Waals surface area contributed by atoms with Crippen molar-refractivity contribution in [3.63, 3.8) is 0 Å². The van der Waals surface area contributed by atoms with Crippen LogP contribution in [0.4, 0.5) is 22.0 Å². The standard InChI is InChI=1S/C27H29F5N4O3/c1-26(2,37)18-12-21(35-25(24(18)29)15-5-8-17(28)9-6-15)19(27(30,31)32)13-36(34)14-20(33)16-7-10-22(38-3)23(11-16)39-4/h5-12,14,19,37H,13,33-34H2,1-4H3/b20-14-. The van der Waals surface area contributed by atoms with E-state index in [0.717, 1.165) is 29.4 Å². The molecule has 3 aromatic rings. The summed E-state index contributed by atoms with van der Waals surface area (Å²) in [5.74, 6) is 2.75. The van der Waals surface area contributed by atoms with E-state index in [1.54, 1.807) is 12.1 Å². The van der Waals surface area contributed by atoms with Crippen molar-refractivity contribution in [1.29, 1.82) is 0 Å². The zero-order valence-corrected chi connectivity index (χ0v) is 21.7. The van der Waals surface area contributed by atoms with Gasteiger partial charge < -0.3 is 25.3 Å². The van der Waals surface area contributed by atoms with E-state index in [-0.39, 0.29) is 11.3 Å². The van der Waals surface area contributed by atoms with Crippen molar-refractivity contribution in [3.05, 3.63) is 83.2 Å². The summed E-state index contributed by atoms with van der Waals surface area (Å²) in [6.07, 6.45) is -3.76. The largest absolute Gasteiger partial charge is 0.493 e. The fourth-order valence-corrected chi connectivity index (χ4v) is 3.87. The first-order chi connectivity index (χ1) is 18.1. The minimum atomic E-state index is -4.87. The molecule has 0 aliphatic heterocycles. The second kappa shape index (κ2) is 11.5. The fourth-order valence-electron chi connectivity index (χ4n) is 3.87. The Morgan fingerprint density at radius 1 is 1.03 bits per heavy atom. The first kappa shape index (κ1) is 29.7. The Morgan fingerprint density at radius 2 is 1.64 bits per heavy atom. The molecule has 0 saturated heterocycles. The lowest BCUT2D eigenvalue weighted by Crippen LogP contribution is -2.37.